The lowest BCUT2D eigenvalue weighted by atomic mass is 9.55. The number of benzene rings is 8. The van der Waals surface area contributed by atoms with Crippen LogP contribution in [0.1, 0.15) is 47.2 Å². The van der Waals surface area contributed by atoms with Crippen molar-refractivity contribution in [2.75, 3.05) is 0 Å². The molecule has 0 N–H and O–H groups in total. The van der Waals surface area contributed by atoms with Crippen LogP contribution in [0.2, 0.25) is 0 Å². The van der Waals surface area contributed by atoms with Crippen LogP contribution in [0.15, 0.2) is 200 Å². The van der Waals surface area contributed by atoms with Gasteiger partial charge < -0.3 is 0 Å². The van der Waals surface area contributed by atoms with Crippen LogP contribution in [0.5, 0.6) is 0 Å². The second-order valence-electron chi connectivity index (χ2n) is 16.0. The first-order valence-corrected chi connectivity index (χ1v) is 20.0. The largest absolute Gasteiger partial charge is 0.208 e. The number of nitrogens with zero attached hydrogens (tertiary/aromatic N) is 3. The summed E-state index contributed by atoms with van der Waals surface area (Å²) in [6.07, 6.45) is 0. The van der Waals surface area contributed by atoms with Gasteiger partial charge in [-0.2, -0.15) is 0 Å². The quantitative estimate of drug-likeness (QED) is 0.176. The summed E-state index contributed by atoms with van der Waals surface area (Å²) in [6.45, 7) is 4.72. The van der Waals surface area contributed by atoms with E-state index in [4.69, 9.17) is 15.0 Å². The van der Waals surface area contributed by atoms with Gasteiger partial charge >= 0.3 is 0 Å². The second kappa shape index (κ2) is 13.2. The molecule has 1 aromatic heterocycles. The summed E-state index contributed by atoms with van der Waals surface area (Å²) in [5.74, 6) is 1.93. The molecule has 0 saturated heterocycles. The summed E-state index contributed by atoms with van der Waals surface area (Å²) < 4.78 is 0. The minimum Gasteiger partial charge on any atom is -0.208 e. The summed E-state index contributed by atoms with van der Waals surface area (Å²) in [6, 6.07) is 72.0. The molecule has 0 fully saturated rings. The lowest BCUT2D eigenvalue weighted by Gasteiger charge is -2.46. The van der Waals surface area contributed by atoms with Gasteiger partial charge in [0, 0.05) is 22.1 Å². The maximum absolute atomic E-state index is 5.28. The lowest BCUT2D eigenvalue weighted by molar-refractivity contribution is 0.563. The molecule has 58 heavy (non-hydrogen) atoms. The average Bonchev–Trinajstić information content (AvgIpc) is 3.59. The van der Waals surface area contributed by atoms with E-state index in [0.717, 1.165) is 27.8 Å². The smallest absolute Gasteiger partial charge is 0.164 e. The van der Waals surface area contributed by atoms with Crippen molar-refractivity contribution in [2.24, 2.45) is 0 Å². The van der Waals surface area contributed by atoms with Gasteiger partial charge in [-0.3, -0.25) is 0 Å². The van der Waals surface area contributed by atoms with Crippen molar-refractivity contribution in [3.8, 4) is 67.5 Å². The number of fused-ring (bicyclic) bond motifs is 9. The molecule has 2 aliphatic carbocycles. The molecule has 8 aromatic carbocycles. The summed E-state index contributed by atoms with van der Waals surface area (Å²) in [7, 11) is 0. The highest BCUT2D eigenvalue weighted by Crippen LogP contribution is 2.62. The molecular formula is C55H39N3. The monoisotopic (exact) mass is 741 g/mol. The van der Waals surface area contributed by atoms with E-state index in [2.05, 4.69) is 202 Å². The molecule has 3 nitrogen and oxygen atoms in total. The minimum absolute atomic E-state index is 0.237. The molecule has 1 spiro atoms. The Labute approximate surface area is 339 Å². The standard InChI is InChI=1S/C55H39N3/c1-54(2)47-23-13-14-24-49(47)55(45-21-11-9-19-43(45)44-20-10-12-22-46(44)55)50-35-42(33-34-48(50)54)53-57-51(40-29-25-38(26-30-40)36-15-5-3-6-16-36)56-52(58-53)41-31-27-39(28-32-41)37-17-7-4-8-18-37/h3-35H,1-2H3. The zero-order valence-corrected chi connectivity index (χ0v) is 32.4. The Balaban J connectivity index is 1.12. The minimum atomic E-state index is -0.510. The molecule has 9 aromatic rings. The molecule has 1 heterocycles. The molecule has 0 aliphatic heterocycles. The van der Waals surface area contributed by atoms with Gasteiger partial charge in [0.25, 0.3) is 0 Å². The van der Waals surface area contributed by atoms with Crippen LogP contribution in [-0.4, -0.2) is 15.0 Å². The van der Waals surface area contributed by atoms with Crippen molar-refractivity contribution in [3.05, 3.63) is 234 Å². The van der Waals surface area contributed by atoms with E-state index in [9.17, 15) is 0 Å². The van der Waals surface area contributed by atoms with Crippen LogP contribution in [0.25, 0.3) is 67.5 Å². The fourth-order valence-electron chi connectivity index (χ4n) is 9.65. The molecule has 0 atom stereocenters. The van der Waals surface area contributed by atoms with Crippen molar-refractivity contribution in [3.63, 3.8) is 0 Å². The van der Waals surface area contributed by atoms with Crippen LogP contribution in [0, 0.1) is 0 Å². The number of hydrogen-bond acceptors (Lipinski definition) is 3. The van der Waals surface area contributed by atoms with E-state index >= 15 is 0 Å². The third-order valence-corrected chi connectivity index (χ3v) is 12.4. The van der Waals surface area contributed by atoms with Gasteiger partial charge in [0.15, 0.2) is 17.5 Å². The maximum Gasteiger partial charge on any atom is 0.164 e. The highest BCUT2D eigenvalue weighted by Gasteiger charge is 2.53. The van der Waals surface area contributed by atoms with Crippen LogP contribution in [0.3, 0.4) is 0 Å². The molecule has 11 rings (SSSR count). The lowest BCUT2D eigenvalue weighted by Crippen LogP contribution is -2.40. The summed E-state index contributed by atoms with van der Waals surface area (Å²) >= 11 is 0. The first-order valence-electron chi connectivity index (χ1n) is 20.0. The molecule has 0 radical (unpaired) electrons. The highest BCUT2D eigenvalue weighted by atomic mass is 15.0. The molecule has 0 bridgehead atoms. The van der Waals surface area contributed by atoms with Crippen molar-refractivity contribution in [1.29, 1.82) is 0 Å². The normalized spacial score (nSPS) is 14.0. The molecule has 274 valence electrons. The third-order valence-electron chi connectivity index (χ3n) is 12.4. The Hall–Kier alpha value is -7.23. The van der Waals surface area contributed by atoms with Gasteiger partial charge in [-0.1, -0.05) is 208 Å². The van der Waals surface area contributed by atoms with Crippen molar-refractivity contribution in [2.45, 2.75) is 24.7 Å². The fraction of sp³-hybridized carbons (Fsp3) is 0.0727. The van der Waals surface area contributed by atoms with E-state index in [1.807, 2.05) is 12.1 Å². The molecule has 0 amide bonds. The molecule has 0 saturated carbocycles. The Bertz CT molecular complexity index is 2860. The highest BCUT2D eigenvalue weighted by molar-refractivity contribution is 5.89. The molecule has 0 unspecified atom stereocenters. The summed E-state index contributed by atoms with van der Waals surface area (Å²) in [5.41, 5.74) is 17.2. The summed E-state index contributed by atoms with van der Waals surface area (Å²) in [5, 5.41) is 0. The molecule has 3 heteroatoms. The van der Waals surface area contributed by atoms with Crippen LogP contribution in [-0.2, 0) is 10.8 Å². The number of aromatic nitrogens is 3. The summed E-state index contributed by atoms with van der Waals surface area (Å²) in [4.78, 5) is 15.7. The Morgan fingerprint density at radius 3 is 1.12 bits per heavy atom. The number of hydrogen-bond donors (Lipinski definition) is 0. The van der Waals surface area contributed by atoms with Crippen molar-refractivity contribution < 1.29 is 0 Å². The second-order valence-corrected chi connectivity index (χ2v) is 16.0. The molecule has 2 aliphatic rings. The fourth-order valence-corrected chi connectivity index (χ4v) is 9.65. The topological polar surface area (TPSA) is 38.7 Å². The van der Waals surface area contributed by atoms with E-state index < -0.39 is 5.41 Å². The zero-order valence-electron chi connectivity index (χ0n) is 32.4. The Morgan fingerprint density at radius 1 is 0.276 bits per heavy atom. The van der Waals surface area contributed by atoms with Crippen molar-refractivity contribution >= 4 is 0 Å². The average molecular weight is 742 g/mol. The predicted octanol–water partition coefficient (Wildman–Crippen LogP) is 13.2. The van der Waals surface area contributed by atoms with Gasteiger partial charge in [-0.25, -0.2) is 15.0 Å². The van der Waals surface area contributed by atoms with Gasteiger partial charge in [0.05, 0.1) is 5.41 Å². The van der Waals surface area contributed by atoms with Crippen LogP contribution in [0.4, 0.5) is 0 Å². The molecular weight excluding hydrogens is 703 g/mol. The first-order chi connectivity index (χ1) is 28.5. The van der Waals surface area contributed by atoms with Crippen LogP contribution >= 0.6 is 0 Å². The van der Waals surface area contributed by atoms with E-state index in [0.29, 0.717) is 17.5 Å². The van der Waals surface area contributed by atoms with Gasteiger partial charge in [0.1, 0.15) is 0 Å². The Morgan fingerprint density at radius 2 is 0.621 bits per heavy atom. The Kier molecular flexibility index (Phi) is 7.74. The maximum atomic E-state index is 5.28. The van der Waals surface area contributed by atoms with Gasteiger partial charge in [-0.15, -0.1) is 0 Å². The van der Waals surface area contributed by atoms with E-state index in [1.54, 1.807) is 0 Å². The van der Waals surface area contributed by atoms with E-state index in [1.165, 1.54) is 55.6 Å². The van der Waals surface area contributed by atoms with E-state index in [-0.39, 0.29) is 5.41 Å². The van der Waals surface area contributed by atoms with Crippen LogP contribution < -0.4 is 0 Å². The van der Waals surface area contributed by atoms with Gasteiger partial charge in [-0.05, 0) is 72.8 Å². The van der Waals surface area contributed by atoms with Gasteiger partial charge in [0.2, 0.25) is 0 Å². The first kappa shape index (κ1) is 34.1. The predicted molar refractivity (Wildman–Crippen MR) is 236 cm³/mol. The number of rotatable bonds is 5. The zero-order chi connectivity index (χ0) is 38.8. The SMILES string of the molecule is CC1(C)c2ccccc2C2(c3ccccc3-c3ccccc32)c2cc(-c3nc(-c4ccc(-c5ccccc5)cc4)nc(-c4ccc(-c5ccccc5)cc4)n3)ccc21. The third kappa shape index (κ3) is 5.17. The van der Waals surface area contributed by atoms with Crippen molar-refractivity contribution in [1.82, 2.24) is 15.0 Å².